The van der Waals surface area contributed by atoms with E-state index in [4.69, 9.17) is 11.6 Å². The number of likely N-dealkylation sites (tertiary alicyclic amines) is 1. The molecule has 1 aromatic rings. The van der Waals surface area contributed by atoms with Crippen LogP contribution in [0.1, 0.15) is 44.1 Å². The fourth-order valence-electron chi connectivity index (χ4n) is 2.84. The van der Waals surface area contributed by atoms with Crippen LogP contribution in [0, 0.1) is 0 Å². The summed E-state index contributed by atoms with van der Waals surface area (Å²) in [4.78, 5) is 14.3. The summed E-state index contributed by atoms with van der Waals surface area (Å²) in [5, 5.41) is 3.64. The largest absolute Gasteiger partial charge is 0.353 e. The van der Waals surface area contributed by atoms with E-state index in [1.165, 1.54) is 51.7 Å². The van der Waals surface area contributed by atoms with E-state index in [1.807, 2.05) is 30.3 Å². The Morgan fingerprint density at radius 2 is 1.83 bits per heavy atom. The van der Waals surface area contributed by atoms with Crippen molar-refractivity contribution < 1.29 is 4.79 Å². The zero-order valence-corrected chi connectivity index (χ0v) is 14.5. The number of hydrogen-bond acceptors (Lipinski definition) is 2. The molecule has 1 N–H and O–H groups in total. The SMILES string of the molecule is O=C(/C=C/c1ccc(Cl)cc1)NCCCCCN1CCCCC1. The average molecular weight is 335 g/mol. The Hall–Kier alpha value is -1.32. The zero-order chi connectivity index (χ0) is 16.3. The monoisotopic (exact) mass is 334 g/mol. The molecule has 126 valence electrons. The molecule has 23 heavy (non-hydrogen) atoms. The summed E-state index contributed by atoms with van der Waals surface area (Å²) in [5.74, 6) is -0.0315. The van der Waals surface area contributed by atoms with Crippen molar-refractivity contribution in [2.24, 2.45) is 0 Å². The predicted molar refractivity (Wildman–Crippen MR) is 97.6 cm³/mol. The lowest BCUT2D eigenvalue weighted by Crippen LogP contribution is -2.30. The van der Waals surface area contributed by atoms with Gasteiger partial charge in [0.2, 0.25) is 5.91 Å². The molecule has 1 aliphatic heterocycles. The van der Waals surface area contributed by atoms with Crippen LogP contribution in [0.2, 0.25) is 5.02 Å². The molecule has 0 saturated carbocycles. The minimum atomic E-state index is -0.0315. The number of benzene rings is 1. The molecule has 3 nitrogen and oxygen atoms in total. The highest BCUT2D eigenvalue weighted by atomic mass is 35.5. The molecule has 2 rings (SSSR count). The van der Waals surface area contributed by atoms with Crippen LogP contribution >= 0.6 is 11.6 Å². The van der Waals surface area contributed by atoms with Gasteiger partial charge in [-0.3, -0.25) is 4.79 Å². The van der Waals surface area contributed by atoms with Crippen molar-refractivity contribution in [1.29, 1.82) is 0 Å². The van der Waals surface area contributed by atoms with Crippen molar-refractivity contribution in [3.8, 4) is 0 Å². The van der Waals surface area contributed by atoms with Crippen molar-refractivity contribution in [1.82, 2.24) is 10.2 Å². The minimum absolute atomic E-state index is 0.0315. The second-order valence-corrected chi connectivity index (χ2v) is 6.58. The van der Waals surface area contributed by atoms with E-state index in [0.717, 1.165) is 18.5 Å². The van der Waals surface area contributed by atoms with Gasteiger partial charge in [0.05, 0.1) is 0 Å². The number of carbonyl (C=O) groups is 1. The van der Waals surface area contributed by atoms with Gasteiger partial charge in [-0.05, 0) is 69.1 Å². The summed E-state index contributed by atoms with van der Waals surface area (Å²) in [6.07, 6.45) is 11.0. The normalized spacial score (nSPS) is 15.9. The third-order valence-electron chi connectivity index (χ3n) is 4.20. The maximum atomic E-state index is 11.7. The van der Waals surface area contributed by atoms with E-state index in [-0.39, 0.29) is 5.91 Å². The van der Waals surface area contributed by atoms with E-state index in [9.17, 15) is 4.79 Å². The maximum absolute atomic E-state index is 11.7. The molecular weight excluding hydrogens is 308 g/mol. The summed E-state index contributed by atoms with van der Waals surface area (Å²) >= 11 is 5.83. The van der Waals surface area contributed by atoms with Crippen LogP contribution in [-0.2, 0) is 4.79 Å². The van der Waals surface area contributed by atoms with Crippen molar-refractivity contribution in [3.05, 3.63) is 40.9 Å². The molecule has 1 aromatic carbocycles. The third-order valence-corrected chi connectivity index (χ3v) is 4.45. The summed E-state index contributed by atoms with van der Waals surface area (Å²) < 4.78 is 0. The van der Waals surface area contributed by atoms with Crippen LogP contribution in [0.4, 0.5) is 0 Å². The lowest BCUT2D eigenvalue weighted by molar-refractivity contribution is -0.116. The molecule has 0 aliphatic carbocycles. The zero-order valence-electron chi connectivity index (χ0n) is 13.8. The first-order valence-electron chi connectivity index (χ1n) is 8.68. The first kappa shape index (κ1) is 18.0. The molecule has 1 fully saturated rings. The minimum Gasteiger partial charge on any atom is -0.353 e. The van der Waals surface area contributed by atoms with Gasteiger partial charge in [0.25, 0.3) is 0 Å². The highest BCUT2D eigenvalue weighted by molar-refractivity contribution is 6.30. The van der Waals surface area contributed by atoms with Gasteiger partial charge in [-0.1, -0.05) is 36.6 Å². The Balaban J connectivity index is 1.51. The molecule has 0 atom stereocenters. The van der Waals surface area contributed by atoms with E-state index < -0.39 is 0 Å². The number of hydrogen-bond donors (Lipinski definition) is 1. The average Bonchev–Trinajstić information content (AvgIpc) is 2.58. The van der Waals surface area contributed by atoms with Gasteiger partial charge >= 0.3 is 0 Å². The Morgan fingerprint density at radius 1 is 1.09 bits per heavy atom. The molecule has 0 unspecified atom stereocenters. The van der Waals surface area contributed by atoms with Crippen molar-refractivity contribution in [3.63, 3.8) is 0 Å². The fraction of sp³-hybridized carbons (Fsp3) is 0.526. The van der Waals surface area contributed by atoms with Gasteiger partial charge in [0.15, 0.2) is 0 Å². The van der Waals surface area contributed by atoms with Crippen LogP contribution in [0.5, 0.6) is 0 Å². The van der Waals surface area contributed by atoms with Crippen LogP contribution in [-0.4, -0.2) is 37.0 Å². The highest BCUT2D eigenvalue weighted by Gasteiger charge is 2.08. The quantitative estimate of drug-likeness (QED) is 0.572. The van der Waals surface area contributed by atoms with Crippen LogP contribution in [0.25, 0.3) is 6.08 Å². The number of rotatable bonds is 8. The number of carbonyl (C=O) groups excluding carboxylic acids is 1. The van der Waals surface area contributed by atoms with E-state index in [0.29, 0.717) is 5.02 Å². The Kier molecular flexibility index (Phi) is 8.19. The number of nitrogens with zero attached hydrogens (tertiary/aromatic N) is 1. The summed E-state index contributed by atoms with van der Waals surface area (Å²) in [5.41, 5.74) is 0.978. The van der Waals surface area contributed by atoms with Crippen LogP contribution < -0.4 is 5.32 Å². The Morgan fingerprint density at radius 3 is 2.57 bits per heavy atom. The van der Waals surface area contributed by atoms with Crippen molar-refractivity contribution in [2.45, 2.75) is 38.5 Å². The molecule has 0 bridgehead atoms. The fourth-order valence-corrected chi connectivity index (χ4v) is 2.96. The summed E-state index contributed by atoms with van der Waals surface area (Å²) in [6, 6.07) is 7.43. The van der Waals surface area contributed by atoms with Gasteiger partial charge in [-0.25, -0.2) is 0 Å². The number of amides is 1. The molecule has 0 radical (unpaired) electrons. The lowest BCUT2D eigenvalue weighted by atomic mass is 10.1. The molecule has 1 amide bonds. The van der Waals surface area contributed by atoms with Crippen LogP contribution in [0.3, 0.4) is 0 Å². The molecule has 1 heterocycles. The predicted octanol–water partition coefficient (Wildman–Crippen LogP) is 4.13. The summed E-state index contributed by atoms with van der Waals surface area (Å²) in [6.45, 7) is 4.51. The smallest absolute Gasteiger partial charge is 0.243 e. The lowest BCUT2D eigenvalue weighted by Gasteiger charge is -2.26. The van der Waals surface area contributed by atoms with Gasteiger partial charge in [0, 0.05) is 17.6 Å². The number of unbranched alkanes of at least 4 members (excludes halogenated alkanes) is 2. The van der Waals surface area contributed by atoms with Crippen LogP contribution in [0.15, 0.2) is 30.3 Å². The van der Waals surface area contributed by atoms with E-state index >= 15 is 0 Å². The molecule has 1 aliphatic rings. The molecule has 0 aromatic heterocycles. The number of nitrogens with one attached hydrogen (secondary N) is 1. The number of piperidine rings is 1. The third kappa shape index (κ3) is 7.67. The molecule has 4 heteroatoms. The maximum Gasteiger partial charge on any atom is 0.243 e. The standard InChI is InChI=1S/C19H27ClN2O/c20-18-10-7-17(8-11-18)9-12-19(23)21-13-3-1-4-14-22-15-5-2-6-16-22/h7-12H,1-6,13-16H2,(H,21,23)/b12-9+. The van der Waals surface area contributed by atoms with Crippen molar-refractivity contribution >= 4 is 23.6 Å². The second kappa shape index (κ2) is 10.5. The van der Waals surface area contributed by atoms with Gasteiger partial charge < -0.3 is 10.2 Å². The molecule has 0 spiro atoms. The van der Waals surface area contributed by atoms with Gasteiger partial charge in [-0.2, -0.15) is 0 Å². The summed E-state index contributed by atoms with van der Waals surface area (Å²) in [7, 11) is 0. The van der Waals surface area contributed by atoms with E-state index in [1.54, 1.807) is 6.08 Å². The topological polar surface area (TPSA) is 32.3 Å². The van der Waals surface area contributed by atoms with Gasteiger partial charge in [0.1, 0.15) is 0 Å². The second-order valence-electron chi connectivity index (χ2n) is 6.14. The van der Waals surface area contributed by atoms with Crippen molar-refractivity contribution in [2.75, 3.05) is 26.2 Å². The Labute approximate surface area is 144 Å². The Bertz CT molecular complexity index is 493. The highest BCUT2D eigenvalue weighted by Crippen LogP contribution is 2.11. The molecule has 1 saturated heterocycles. The first-order valence-corrected chi connectivity index (χ1v) is 9.06. The van der Waals surface area contributed by atoms with E-state index in [2.05, 4.69) is 10.2 Å². The molecular formula is C19H27ClN2O. The van der Waals surface area contributed by atoms with Gasteiger partial charge in [-0.15, -0.1) is 0 Å². The first-order chi connectivity index (χ1) is 11.2. The number of halogens is 1.